The monoisotopic (exact) mass is 328 g/mol. The number of benzene rings is 1. The molecular weight excluding hydrogens is 316 g/mol. The van der Waals surface area contributed by atoms with Gasteiger partial charge >= 0.3 is 0 Å². The zero-order chi connectivity index (χ0) is 13.1. The Kier molecular flexibility index (Phi) is 4.27. The molecule has 0 saturated heterocycles. The second kappa shape index (κ2) is 5.73. The Hall–Kier alpha value is -1.04. The van der Waals surface area contributed by atoms with E-state index < -0.39 is 6.10 Å². The van der Waals surface area contributed by atoms with Crippen molar-refractivity contribution in [2.75, 3.05) is 14.2 Å². The van der Waals surface area contributed by atoms with Gasteiger partial charge in [0.05, 0.1) is 18.0 Å². The van der Waals surface area contributed by atoms with Crippen LogP contribution < -0.4 is 9.47 Å². The summed E-state index contributed by atoms with van der Waals surface area (Å²) in [6.07, 6.45) is -0.692. The number of rotatable bonds is 4. The van der Waals surface area contributed by atoms with Crippen LogP contribution in [0.3, 0.4) is 0 Å². The number of halogens is 1. The van der Waals surface area contributed by atoms with Crippen LogP contribution in [0.1, 0.15) is 16.5 Å². The fourth-order valence-electron chi connectivity index (χ4n) is 1.67. The fraction of sp³-hybridized carbons (Fsp3) is 0.231. The van der Waals surface area contributed by atoms with Crippen LogP contribution in [0.15, 0.2) is 34.1 Å². The minimum absolute atomic E-state index is 0.617. The lowest BCUT2D eigenvalue weighted by Gasteiger charge is -2.14. The molecular formula is C13H13BrO3S. The highest BCUT2D eigenvalue weighted by atomic mass is 79.9. The molecule has 1 heterocycles. The molecule has 0 aliphatic rings. The molecule has 0 saturated carbocycles. The molecule has 96 valence electrons. The summed E-state index contributed by atoms with van der Waals surface area (Å²) in [6, 6.07) is 9.20. The van der Waals surface area contributed by atoms with Crippen molar-refractivity contribution in [2.24, 2.45) is 0 Å². The van der Waals surface area contributed by atoms with E-state index in [0.29, 0.717) is 11.5 Å². The van der Waals surface area contributed by atoms with E-state index in [-0.39, 0.29) is 0 Å². The van der Waals surface area contributed by atoms with E-state index in [4.69, 9.17) is 9.47 Å². The molecule has 0 bridgehead atoms. The van der Waals surface area contributed by atoms with Crippen molar-refractivity contribution in [3.05, 3.63) is 44.6 Å². The van der Waals surface area contributed by atoms with E-state index in [1.807, 2.05) is 24.3 Å². The van der Waals surface area contributed by atoms with Gasteiger partial charge in [0.2, 0.25) is 0 Å². The topological polar surface area (TPSA) is 38.7 Å². The lowest BCUT2D eigenvalue weighted by atomic mass is 10.1. The van der Waals surface area contributed by atoms with Crippen LogP contribution in [0.25, 0.3) is 0 Å². The SMILES string of the molecule is COc1ccc(C(O)c2ccc(Br)s2)c(OC)c1. The van der Waals surface area contributed by atoms with E-state index >= 15 is 0 Å². The molecule has 1 unspecified atom stereocenters. The smallest absolute Gasteiger partial charge is 0.128 e. The van der Waals surface area contributed by atoms with Gasteiger partial charge in [-0.15, -0.1) is 11.3 Å². The van der Waals surface area contributed by atoms with Gasteiger partial charge in [0.15, 0.2) is 0 Å². The lowest BCUT2D eigenvalue weighted by molar-refractivity contribution is 0.218. The van der Waals surface area contributed by atoms with Gasteiger partial charge in [-0.2, -0.15) is 0 Å². The second-order valence-corrected chi connectivity index (χ2v) is 6.15. The predicted octanol–water partition coefficient (Wildman–Crippen LogP) is 3.61. The molecule has 3 nitrogen and oxygen atoms in total. The quantitative estimate of drug-likeness (QED) is 0.931. The number of aliphatic hydroxyl groups is 1. The van der Waals surface area contributed by atoms with Gasteiger partial charge in [-0.1, -0.05) is 0 Å². The third kappa shape index (κ3) is 2.68. The van der Waals surface area contributed by atoms with Crippen molar-refractivity contribution in [2.45, 2.75) is 6.10 Å². The standard InChI is InChI=1S/C13H13BrO3S/c1-16-8-3-4-9(10(7-8)17-2)13(15)11-5-6-12(14)18-11/h3-7,13,15H,1-2H3. The van der Waals surface area contributed by atoms with Crippen LogP contribution in [0.4, 0.5) is 0 Å². The summed E-state index contributed by atoms with van der Waals surface area (Å²) in [5.74, 6) is 1.32. The summed E-state index contributed by atoms with van der Waals surface area (Å²) in [5, 5.41) is 10.3. The van der Waals surface area contributed by atoms with Crippen LogP contribution >= 0.6 is 27.3 Å². The third-order valence-electron chi connectivity index (χ3n) is 2.60. The Balaban J connectivity index is 2.38. The van der Waals surface area contributed by atoms with Gasteiger partial charge in [0, 0.05) is 16.5 Å². The Labute approximate surface area is 118 Å². The normalized spacial score (nSPS) is 12.2. The maximum Gasteiger partial charge on any atom is 0.128 e. The Morgan fingerprint density at radius 3 is 2.50 bits per heavy atom. The first-order valence-corrected chi connectivity index (χ1v) is 6.92. The average molecular weight is 329 g/mol. The first-order valence-electron chi connectivity index (χ1n) is 5.31. The summed E-state index contributed by atoms with van der Waals surface area (Å²) < 4.78 is 11.4. The van der Waals surface area contributed by atoms with E-state index in [1.165, 1.54) is 11.3 Å². The van der Waals surface area contributed by atoms with Gasteiger partial charge in [-0.25, -0.2) is 0 Å². The van der Waals surface area contributed by atoms with Crippen LogP contribution in [-0.4, -0.2) is 19.3 Å². The van der Waals surface area contributed by atoms with Gasteiger partial charge in [0.1, 0.15) is 17.6 Å². The van der Waals surface area contributed by atoms with Gasteiger partial charge in [-0.05, 0) is 40.2 Å². The molecule has 0 aliphatic heterocycles. The zero-order valence-corrected chi connectivity index (χ0v) is 12.4. The third-order valence-corrected chi connectivity index (χ3v) is 4.27. The molecule has 1 atom stereocenters. The summed E-state index contributed by atoms with van der Waals surface area (Å²) in [5.41, 5.74) is 0.729. The summed E-state index contributed by atoms with van der Waals surface area (Å²) in [6.45, 7) is 0. The van der Waals surface area contributed by atoms with Crippen molar-refractivity contribution < 1.29 is 14.6 Å². The molecule has 0 fully saturated rings. The number of hydrogen-bond acceptors (Lipinski definition) is 4. The number of methoxy groups -OCH3 is 2. The number of ether oxygens (including phenoxy) is 2. The van der Waals surface area contributed by atoms with E-state index in [1.54, 1.807) is 20.3 Å². The molecule has 0 amide bonds. The number of thiophene rings is 1. The van der Waals surface area contributed by atoms with Gasteiger partial charge < -0.3 is 14.6 Å². The molecule has 1 aromatic heterocycles. The number of aliphatic hydroxyl groups excluding tert-OH is 1. The Bertz CT molecular complexity index is 539. The van der Waals surface area contributed by atoms with E-state index in [0.717, 1.165) is 14.2 Å². The van der Waals surface area contributed by atoms with Crippen molar-refractivity contribution in [3.63, 3.8) is 0 Å². The highest BCUT2D eigenvalue weighted by Gasteiger charge is 2.17. The zero-order valence-electron chi connectivity index (χ0n) is 10.0. The molecule has 1 N–H and O–H groups in total. The maximum atomic E-state index is 10.3. The first kappa shape index (κ1) is 13.4. The molecule has 18 heavy (non-hydrogen) atoms. The average Bonchev–Trinajstić information content (AvgIpc) is 2.83. The number of hydrogen-bond donors (Lipinski definition) is 1. The molecule has 1 aromatic carbocycles. The first-order chi connectivity index (χ1) is 8.65. The van der Waals surface area contributed by atoms with Crippen LogP contribution in [0.5, 0.6) is 11.5 Å². The summed E-state index contributed by atoms with van der Waals surface area (Å²) in [7, 11) is 3.18. The Morgan fingerprint density at radius 2 is 1.94 bits per heavy atom. The maximum absolute atomic E-state index is 10.3. The molecule has 5 heteroatoms. The Morgan fingerprint density at radius 1 is 1.17 bits per heavy atom. The predicted molar refractivity (Wildman–Crippen MR) is 75.6 cm³/mol. The highest BCUT2D eigenvalue weighted by Crippen LogP contribution is 2.36. The van der Waals surface area contributed by atoms with Crippen molar-refractivity contribution in [1.82, 2.24) is 0 Å². The minimum atomic E-state index is -0.692. The largest absolute Gasteiger partial charge is 0.497 e. The summed E-state index contributed by atoms with van der Waals surface area (Å²) in [4.78, 5) is 0.866. The molecule has 0 aliphatic carbocycles. The molecule has 2 rings (SSSR count). The fourth-order valence-corrected chi connectivity index (χ4v) is 3.10. The highest BCUT2D eigenvalue weighted by molar-refractivity contribution is 9.11. The van der Waals surface area contributed by atoms with Crippen LogP contribution in [0.2, 0.25) is 0 Å². The van der Waals surface area contributed by atoms with Crippen molar-refractivity contribution in [3.8, 4) is 11.5 Å². The molecule has 0 radical (unpaired) electrons. The van der Waals surface area contributed by atoms with Crippen LogP contribution in [-0.2, 0) is 0 Å². The van der Waals surface area contributed by atoms with Gasteiger partial charge in [0.25, 0.3) is 0 Å². The lowest BCUT2D eigenvalue weighted by Crippen LogP contribution is -2.01. The minimum Gasteiger partial charge on any atom is -0.497 e. The van der Waals surface area contributed by atoms with Crippen molar-refractivity contribution in [1.29, 1.82) is 0 Å². The second-order valence-electron chi connectivity index (χ2n) is 3.65. The molecule has 0 spiro atoms. The van der Waals surface area contributed by atoms with Gasteiger partial charge in [-0.3, -0.25) is 0 Å². The molecule has 2 aromatic rings. The van der Waals surface area contributed by atoms with Crippen LogP contribution in [0, 0.1) is 0 Å². The summed E-state index contributed by atoms with van der Waals surface area (Å²) >= 11 is 4.89. The van der Waals surface area contributed by atoms with E-state index in [2.05, 4.69) is 15.9 Å². The van der Waals surface area contributed by atoms with E-state index in [9.17, 15) is 5.11 Å². The van der Waals surface area contributed by atoms with Crippen molar-refractivity contribution >= 4 is 27.3 Å².